The van der Waals surface area contributed by atoms with E-state index in [0.717, 1.165) is 16.5 Å². The van der Waals surface area contributed by atoms with Crippen molar-refractivity contribution in [3.63, 3.8) is 0 Å². The van der Waals surface area contributed by atoms with Crippen molar-refractivity contribution >= 4 is 40.9 Å². The lowest BCUT2D eigenvalue weighted by molar-refractivity contribution is -0.228. The van der Waals surface area contributed by atoms with Crippen molar-refractivity contribution in [3.05, 3.63) is 70.9 Å². The molecule has 2 bridgehead atoms. The number of nitrogens with one attached hydrogen (secondary N) is 1. The molecular weight excluding hydrogens is 769 g/mol. The quantitative estimate of drug-likeness (QED) is 0.131. The lowest BCUT2D eigenvalue weighted by Crippen LogP contribution is -2.81. The highest BCUT2D eigenvalue weighted by molar-refractivity contribution is 5.96. The Morgan fingerprint density at radius 2 is 1.73 bits per heavy atom. The molecule has 14 heteroatoms. The monoisotopic (exact) mass is 824 g/mol. The molecule has 6 aliphatic rings. The van der Waals surface area contributed by atoms with Gasteiger partial charge in [0.15, 0.2) is 6.10 Å². The number of carbonyl (C=O) groups is 4. The molecule has 3 N–H and O–H groups in total. The van der Waals surface area contributed by atoms with E-state index in [0.29, 0.717) is 99.5 Å². The molecule has 1 aliphatic carbocycles. The van der Waals surface area contributed by atoms with Gasteiger partial charge in [0.25, 0.3) is 0 Å². The number of aromatic nitrogens is 1. The molecule has 1 saturated carbocycles. The van der Waals surface area contributed by atoms with Crippen molar-refractivity contribution < 1.29 is 48.3 Å². The van der Waals surface area contributed by atoms with Crippen molar-refractivity contribution in [2.75, 3.05) is 59.0 Å². The Balaban J connectivity index is 1.38. The molecule has 2 saturated heterocycles. The molecule has 10 atom stereocenters. The van der Waals surface area contributed by atoms with Gasteiger partial charge in [-0.1, -0.05) is 44.2 Å². The number of hydrogen-bond acceptors (Lipinski definition) is 12. The van der Waals surface area contributed by atoms with E-state index in [-0.39, 0.29) is 12.3 Å². The predicted octanol–water partition coefficient (Wildman–Crippen LogP) is 3.52. The minimum absolute atomic E-state index is 0.155. The van der Waals surface area contributed by atoms with Crippen LogP contribution >= 0.6 is 0 Å². The lowest BCUT2D eigenvalue weighted by Gasteiger charge is -2.63. The molecule has 320 valence electrons. The topological polar surface area (TPSA) is 171 Å². The molecule has 14 nitrogen and oxygen atoms in total. The van der Waals surface area contributed by atoms with E-state index in [1.807, 2.05) is 50.3 Å². The SMILES string of the molecule is CC[C@]1(O)CC2CN(CCc3c([nH]c4ccccc34)[C@@](C(=O)OC)(c3cc4c(cc3OC)N(C=O)[C@H]3[C@]45CCN4CC=C[C@@](CC)(C(OC(C)=O)[C@]3(O)C(=O)OC)[C@@H]45)C2)C1. The maximum Gasteiger partial charge on any atom is 0.344 e. The highest BCUT2D eigenvalue weighted by Crippen LogP contribution is 2.68. The number of aromatic amines is 1. The normalized spacial score (nSPS) is 36.5. The number of H-pyrrole nitrogens is 1. The summed E-state index contributed by atoms with van der Waals surface area (Å²) in [7, 11) is 4.09. The van der Waals surface area contributed by atoms with Gasteiger partial charge in [-0.05, 0) is 74.2 Å². The van der Waals surface area contributed by atoms with E-state index >= 15 is 4.79 Å². The highest BCUT2D eigenvalue weighted by atomic mass is 16.6. The van der Waals surface area contributed by atoms with Gasteiger partial charge in [-0.3, -0.25) is 24.2 Å². The molecule has 5 aliphatic heterocycles. The van der Waals surface area contributed by atoms with Crippen LogP contribution in [0, 0.1) is 11.3 Å². The maximum atomic E-state index is 15.3. The molecule has 3 aromatic rings. The van der Waals surface area contributed by atoms with E-state index < -0.39 is 63.5 Å². The molecule has 2 aromatic carbocycles. The number of rotatable bonds is 8. The summed E-state index contributed by atoms with van der Waals surface area (Å²) in [5, 5.41) is 26.3. The Labute approximate surface area is 349 Å². The third kappa shape index (κ3) is 5.19. The third-order valence-electron chi connectivity index (χ3n) is 15.5. The summed E-state index contributed by atoms with van der Waals surface area (Å²) in [5.74, 6) is -2.06. The van der Waals surface area contributed by atoms with E-state index in [1.54, 1.807) is 6.07 Å². The van der Waals surface area contributed by atoms with Crippen LogP contribution < -0.4 is 9.64 Å². The number of benzene rings is 2. The van der Waals surface area contributed by atoms with Gasteiger partial charge in [0, 0.05) is 78.2 Å². The number of hydrogen-bond donors (Lipinski definition) is 3. The first-order valence-corrected chi connectivity index (χ1v) is 21.3. The number of piperidine rings is 1. The number of methoxy groups -OCH3 is 3. The second kappa shape index (κ2) is 14.1. The van der Waals surface area contributed by atoms with Crippen LogP contribution in [0.5, 0.6) is 5.75 Å². The van der Waals surface area contributed by atoms with Crippen LogP contribution in [-0.4, -0.2) is 133 Å². The van der Waals surface area contributed by atoms with Crippen LogP contribution in [0.25, 0.3) is 10.9 Å². The summed E-state index contributed by atoms with van der Waals surface area (Å²) < 4.78 is 23.7. The Bertz CT molecular complexity index is 2310. The molecule has 3 unspecified atom stereocenters. The van der Waals surface area contributed by atoms with Crippen LogP contribution in [0.15, 0.2) is 48.6 Å². The second-order valence-electron chi connectivity index (χ2n) is 18.1. The summed E-state index contributed by atoms with van der Waals surface area (Å²) in [5.41, 5.74) is -3.15. The van der Waals surface area contributed by atoms with Crippen molar-refractivity contribution in [3.8, 4) is 5.75 Å². The number of aliphatic hydroxyl groups is 2. The summed E-state index contributed by atoms with van der Waals surface area (Å²) >= 11 is 0. The Morgan fingerprint density at radius 3 is 2.42 bits per heavy atom. The predicted molar refractivity (Wildman–Crippen MR) is 221 cm³/mol. The number of esters is 3. The lowest BCUT2D eigenvalue weighted by atomic mass is 9.47. The van der Waals surface area contributed by atoms with Gasteiger partial charge in [0.2, 0.25) is 12.0 Å². The number of fused-ring (bicyclic) bond motifs is 6. The third-order valence-corrected chi connectivity index (χ3v) is 15.5. The first-order chi connectivity index (χ1) is 28.8. The van der Waals surface area contributed by atoms with Gasteiger partial charge in [0.05, 0.1) is 38.7 Å². The van der Waals surface area contributed by atoms with Gasteiger partial charge in [-0.2, -0.15) is 0 Å². The first kappa shape index (κ1) is 40.6. The van der Waals surface area contributed by atoms with Crippen LogP contribution in [0.3, 0.4) is 0 Å². The molecule has 9 rings (SSSR count). The molecule has 3 fully saturated rings. The minimum atomic E-state index is -2.53. The fraction of sp³-hybridized carbons (Fsp3) is 0.565. The standard InChI is InChI=1S/C46H56N4O10/c1-7-42(55)22-28-23-45(40(53)58-5,36-30(14-18-48(24-28)25-42)29-12-9-10-13-33(29)47-36)32-20-31-34(21-35(32)57-4)50(26-51)38-44(31)16-19-49-17-11-15-43(8-2,37(44)49)39(60-27(3)52)46(38,56)41(54)59-6/h9-13,15,20-21,26,28,37-39,47,55-56H,7-8,14,16-19,22-25H2,1-6H3/t28?,37-,38+,39?,42+,43-,44-,45+,46+/m1/s1. The van der Waals surface area contributed by atoms with Crippen LogP contribution in [0.4, 0.5) is 5.69 Å². The zero-order chi connectivity index (χ0) is 42.6. The summed E-state index contributed by atoms with van der Waals surface area (Å²) in [4.78, 5) is 66.1. The molecule has 1 spiro atoms. The minimum Gasteiger partial charge on any atom is -0.496 e. The van der Waals surface area contributed by atoms with Crippen molar-refractivity contribution in [1.29, 1.82) is 0 Å². The van der Waals surface area contributed by atoms with Gasteiger partial charge in [0.1, 0.15) is 11.2 Å². The average Bonchev–Trinajstić information content (AvgIpc) is 3.92. The molecule has 1 aromatic heterocycles. The van der Waals surface area contributed by atoms with Gasteiger partial charge in [-0.15, -0.1) is 0 Å². The molecule has 6 heterocycles. The summed E-state index contributed by atoms with van der Waals surface area (Å²) in [6.45, 7) is 8.16. The zero-order valence-corrected chi connectivity index (χ0v) is 35.3. The van der Waals surface area contributed by atoms with E-state index in [2.05, 4.69) is 20.9 Å². The number of ether oxygens (including phenoxy) is 4. The summed E-state index contributed by atoms with van der Waals surface area (Å²) in [6.07, 6.45) is 5.83. The fourth-order valence-corrected chi connectivity index (χ4v) is 13.4. The maximum absolute atomic E-state index is 15.3. The van der Waals surface area contributed by atoms with E-state index in [4.69, 9.17) is 18.9 Å². The smallest absolute Gasteiger partial charge is 0.344 e. The number of para-hydroxylation sites is 1. The Kier molecular flexibility index (Phi) is 9.58. The van der Waals surface area contributed by atoms with Gasteiger partial charge in [-0.25, -0.2) is 4.79 Å². The second-order valence-corrected chi connectivity index (χ2v) is 18.1. The van der Waals surface area contributed by atoms with Crippen molar-refractivity contribution in [2.45, 2.75) is 99.5 Å². The first-order valence-electron chi connectivity index (χ1n) is 21.3. The molecule has 60 heavy (non-hydrogen) atoms. The highest BCUT2D eigenvalue weighted by Gasteiger charge is 2.81. The van der Waals surface area contributed by atoms with Gasteiger partial charge < -0.3 is 39.0 Å². The number of nitrogens with zero attached hydrogens (tertiary/aromatic N) is 3. The van der Waals surface area contributed by atoms with E-state index in [1.165, 1.54) is 33.2 Å². The molecule has 1 amide bonds. The Morgan fingerprint density at radius 1 is 0.967 bits per heavy atom. The van der Waals surface area contributed by atoms with Crippen molar-refractivity contribution in [2.24, 2.45) is 11.3 Å². The zero-order valence-electron chi connectivity index (χ0n) is 35.3. The van der Waals surface area contributed by atoms with Crippen molar-refractivity contribution in [1.82, 2.24) is 14.8 Å². The number of carbonyl (C=O) groups excluding carboxylic acids is 4. The summed E-state index contributed by atoms with van der Waals surface area (Å²) in [6, 6.07) is 9.97. The fourth-order valence-electron chi connectivity index (χ4n) is 13.4. The number of amides is 1. The van der Waals surface area contributed by atoms with Crippen LogP contribution in [0.2, 0.25) is 0 Å². The molecule has 0 radical (unpaired) electrons. The van der Waals surface area contributed by atoms with E-state index in [9.17, 15) is 24.6 Å². The largest absolute Gasteiger partial charge is 0.496 e. The van der Waals surface area contributed by atoms with Gasteiger partial charge >= 0.3 is 17.9 Å². The van der Waals surface area contributed by atoms with Crippen LogP contribution in [-0.2, 0) is 50.6 Å². The average molecular weight is 825 g/mol. The Hall–Kier alpha value is -4.76. The van der Waals surface area contributed by atoms with Crippen LogP contribution in [0.1, 0.15) is 75.3 Å². The number of anilines is 1. The molecular formula is C46H56N4O10.